The van der Waals surface area contributed by atoms with E-state index in [1.165, 1.54) is 7.11 Å². The summed E-state index contributed by atoms with van der Waals surface area (Å²) >= 11 is 0. The summed E-state index contributed by atoms with van der Waals surface area (Å²) in [5.74, 6) is -1.17. The smallest absolute Gasteiger partial charge is 0.313 e. The van der Waals surface area contributed by atoms with Crippen LogP contribution in [-0.4, -0.2) is 25.4 Å². The highest BCUT2D eigenvalue weighted by atomic mass is 16.5. The molecule has 0 amide bonds. The van der Waals surface area contributed by atoms with Crippen molar-refractivity contribution in [1.29, 1.82) is 0 Å². The molecule has 0 radical (unpaired) electrons. The first-order chi connectivity index (χ1) is 4.70. The molecule has 5 nitrogen and oxygen atoms in total. The molecule has 0 saturated heterocycles. The number of hydrogen-bond donors (Lipinski definition) is 0. The van der Waals surface area contributed by atoms with Crippen LogP contribution in [0.5, 0.6) is 0 Å². The molecule has 0 rings (SSSR count). The molecule has 0 fully saturated rings. The molecular weight excluding hydrogens is 138 g/mol. The van der Waals surface area contributed by atoms with Crippen LogP contribution >= 0.6 is 0 Å². The van der Waals surface area contributed by atoms with Gasteiger partial charge in [0.25, 0.3) is 0 Å². The summed E-state index contributed by atoms with van der Waals surface area (Å²) in [6.07, 6.45) is -0.373. The second kappa shape index (κ2) is 4.60. The molecule has 0 N–H and O–H groups in total. The number of esters is 1. The van der Waals surface area contributed by atoms with Crippen molar-refractivity contribution in [2.45, 2.75) is 6.42 Å². The van der Waals surface area contributed by atoms with Gasteiger partial charge in [-0.2, -0.15) is 4.91 Å². The number of ketones is 1. The molecule has 0 atom stereocenters. The monoisotopic (exact) mass is 145 g/mol. The van der Waals surface area contributed by atoms with Crippen molar-refractivity contribution in [3.63, 3.8) is 0 Å². The molecule has 0 aliphatic rings. The Morgan fingerprint density at radius 1 is 1.50 bits per heavy atom. The van der Waals surface area contributed by atoms with Gasteiger partial charge < -0.3 is 4.74 Å². The highest BCUT2D eigenvalue weighted by Gasteiger charge is 2.08. The third-order valence-electron chi connectivity index (χ3n) is 0.810. The van der Waals surface area contributed by atoms with Gasteiger partial charge in [-0.1, -0.05) is 5.18 Å². The van der Waals surface area contributed by atoms with Crippen LogP contribution in [0.3, 0.4) is 0 Å². The minimum Gasteiger partial charge on any atom is -0.469 e. The summed E-state index contributed by atoms with van der Waals surface area (Å²) < 4.78 is 4.16. The Bertz CT molecular complexity index is 154. The summed E-state index contributed by atoms with van der Waals surface area (Å²) in [4.78, 5) is 30.2. The van der Waals surface area contributed by atoms with Crippen molar-refractivity contribution in [3.05, 3.63) is 4.91 Å². The lowest BCUT2D eigenvalue weighted by molar-refractivity contribution is -0.143. The number of carbonyl (C=O) groups excluding carboxylic acids is 2. The zero-order valence-corrected chi connectivity index (χ0v) is 5.49. The van der Waals surface area contributed by atoms with Gasteiger partial charge in [0.2, 0.25) is 0 Å². The van der Waals surface area contributed by atoms with Crippen LogP contribution in [0, 0.1) is 4.91 Å². The van der Waals surface area contributed by atoms with Gasteiger partial charge in [-0.25, -0.2) is 0 Å². The van der Waals surface area contributed by atoms with Gasteiger partial charge in [0, 0.05) is 0 Å². The number of hydrogen-bond acceptors (Lipinski definition) is 5. The zero-order chi connectivity index (χ0) is 7.98. The Balaban J connectivity index is 3.57. The SMILES string of the molecule is COC(=O)CC(=O)CN=O. The summed E-state index contributed by atoms with van der Waals surface area (Å²) in [6.45, 7) is -0.463. The van der Waals surface area contributed by atoms with Crippen molar-refractivity contribution in [1.82, 2.24) is 0 Å². The third-order valence-corrected chi connectivity index (χ3v) is 0.810. The first-order valence-electron chi connectivity index (χ1n) is 2.58. The van der Waals surface area contributed by atoms with Crippen molar-refractivity contribution < 1.29 is 14.3 Å². The van der Waals surface area contributed by atoms with E-state index in [1.54, 1.807) is 0 Å². The highest BCUT2D eigenvalue weighted by Crippen LogP contribution is 1.86. The Kier molecular flexibility index (Phi) is 4.02. The van der Waals surface area contributed by atoms with E-state index in [1.807, 2.05) is 0 Å². The molecule has 10 heavy (non-hydrogen) atoms. The van der Waals surface area contributed by atoms with E-state index in [4.69, 9.17) is 0 Å². The summed E-state index contributed by atoms with van der Waals surface area (Å²) in [7, 11) is 1.17. The molecule has 0 spiro atoms. The number of nitroso groups, excluding NO2 is 1. The maximum Gasteiger partial charge on any atom is 0.313 e. The van der Waals surface area contributed by atoms with Gasteiger partial charge in [-0.3, -0.25) is 9.59 Å². The maximum atomic E-state index is 10.4. The minimum absolute atomic E-state index is 0.373. The van der Waals surface area contributed by atoms with Crippen LogP contribution in [0.4, 0.5) is 0 Å². The van der Waals surface area contributed by atoms with Gasteiger partial charge in [-0.15, -0.1) is 0 Å². The first kappa shape index (κ1) is 8.74. The van der Waals surface area contributed by atoms with Gasteiger partial charge in [-0.05, 0) is 0 Å². The quantitative estimate of drug-likeness (QED) is 0.314. The molecule has 0 bridgehead atoms. The molecule has 0 aromatic carbocycles. The molecule has 0 aliphatic carbocycles. The summed E-state index contributed by atoms with van der Waals surface area (Å²) in [6, 6.07) is 0. The number of methoxy groups -OCH3 is 1. The van der Waals surface area contributed by atoms with Crippen LogP contribution in [0.1, 0.15) is 6.42 Å². The van der Waals surface area contributed by atoms with Gasteiger partial charge in [0.1, 0.15) is 13.0 Å². The fourth-order valence-corrected chi connectivity index (χ4v) is 0.361. The minimum atomic E-state index is -0.645. The van der Waals surface area contributed by atoms with Crippen LogP contribution in [0.25, 0.3) is 0 Å². The Morgan fingerprint density at radius 2 is 2.10 bits per heavy atom. The predicted octanol–water partition coefficient (Wildman–Crippen LogP) is -0.115. The van der Waals surface area contributed by atoms with E-state index >= 15 is 0 Å². The van der Waals surface area contributed by atoms with Crippen molar-refractivity contribution >= 4 is 11.8 Å². The largest absolute Gasteiger partial charge is 0.469 e. The lowest BCUT2D eigenvalue weighted by Gasteiger charge is -1.92. The summed E-state index contributed by atoms with van der Waals surface area (Å²) in [5.41, 5.74) is 0. The van der Waals surface area contributed by atoms with Gasteiger partial charge >= 0.3 is 5.97 Å². The van der Waals surface area contributed by atoms with E-state index in [2.05, 4.69) is 9.91 Å². The molecular formula is C5H7NO4. The second-order valence-electron chi connectivity index (χ2n) is 1.58. The Morgan fingerprint density at radius 3 is 2.50 bits per heavy atom. The standard InChI is InChI=1S/C5H7NO4/c1-10-5(8)2-4(7)3-6-9/h2-3H2,1H3. The van der Waals surface area contributed by atoms with Crippen LogP contribution in [0.15, 0.2) is 5.18 Å². The van der Waals surface area contributed by atoms with E-state index in [-0.39, 0.29) is 6.42 Å². The van der Waals surface area contributed by atoms with Gasteiger partial charge in [0.15, 0.2) is 5.78 Å². The van der Waals surface area contributed by atoms with Crippen LogP contribution < -0.4 is 0 Å². The zero-order valence-electron chi connectivity index (χ0n) is 5.49. The fourth-order valence-electron chi connectivity index (χ4n) is 0.361. The molecule has 0 unspecified atom stereocenters. The molecule has 0 aromatic rings. The van der Waals surface area contributed by atoms with Crippen molar-refractivity contribution in [2.24, 2.45) is 5.18 Å². The number of carbonyl (C=O) groups is 2. The normalized spacial score (nSPS) is 8.50. The molecule has 0 aliphatic heterocycles. The highest BCUT2D eigenvalue weighted by molar-refractivity contribution is 5.96. The number of ether oxygens (including phenoxy) is 1. The summed E-state index contributed by atoms with van der Waals surface area (Å²) in [5, 5.41) is 2.32. The Hall–Kier alpha value is -1.26. The third kappa shape index (κ3) is 3.71. The van der Waals surface area contributed by atoms with Gasteiger partial charge in [0.05, 0.1) is 7.11 Å². The molecule has 5 heteroatoms. The average Bonchev–Trinajstić information content (AvgIpc) is 1.88. The number of Topliss-reactive ketones (excluding diaryl/α,β-unsaturated/α-hetero) is 1. The lowest BCUT2D eigenvalue weighted by atomic mass is 10.3. The lowest BCUT2D eigenvalue weighted by Crippen LogP contribution is -2.11. The molecule has 56 valence electrons. The second-order valence-corrected chi connectivity index (χ2v) is 1.58. The maximum absolute atomic E-state index is 10.4. The molecule has 0 aromatic heterocycles. The average molecular weight is 145 g/mol. The van der Waals surface area contributed by atoms with E-state index in [0.717, 1.165) is 0 Å². The van der Waals surface area contributed by atoms with Crippen molar-refractivity contribution in [2.75, 3.05) is 13.7 Å². The van der Waals surface area contributed by atoms with E-state index in [0.29, 0.717) is 0 Å². The first-order valence-corrected chi connectivity index (χ1v) is 2.58. The van der Waals surface area contributed by atoms with E-state index < -0.39 is 18.3 Å². The number of rotatable bonds is 4. The fraction of sp³-hybridized carbons (Fsp3) is 0.600. The van der Waals surface area contributed by atoms with Crippen LogP contribution in [-0.2, 0) is 14.3 Å². The molecule has 0 saturated carbocycles. The Labute approximate surface area is 57.3 Å². The number of nitrogens with zero attached hydrogens (tertiary/aromatic N) is 1. The molecule has 0 heterocycles. The predicted molar refractivity (Wildman–Crippen MR) is 32.3 cm³/mol. The van der Waals surface area contributed by atoms with Crippen LogP contribution in [0.2, 0.25) is 0 Å². The van der Waals surface area contributed by atoms with Crippen molar-refractivity contribution in [3.8, 4) is 0 Å². The topological polar surface area (TPSA) is 72.8 Å². The van der Waals surface area contributed by atoms with E-state index in [9.17, 15) is 14.5 Å².